The van der Waals surface area contributed by atoms with Gasteiger partial charge in [-0.05, 0) is 35.7 Å². The highest BCUT2D eigenvalue weighted by molar-refractivity contribution is 6.05. The summed E-state index contributed by atoms with van der Waals surface area (Å²) in [5.41, 5.74) is 1.71. The predicted octanol–water partition coefficient (Wildman–Crippen LogP) is 3.62. The lowest BCUT2D eigenvalue weighted by Gasteiger charge is -2.17. The van der Waals surface area contributed by atoms with Crippen molar-refractivity contribution >= 4 is 11.7 Å². The fourth-order valence-electron chi connectivity index (χ4n) is 1.89. The van der Waals surface area contributed by atoms with Crippen molar-refractivity contribution < 1.29 is 9.18 Å². The number of aromatic nitrogens is 1. The van der Waals surface area contributed by atoms with Crippen LogP contribution in [-0.2, 0) is 0 Å². The summed E-state index contributed by atoms with van der Waals surface area (Å²) in [6.45, 7) is 4.16. The van der Waals surface area contributed by atoms with Gasteiger partial charge in [-0.25, -0.2) is 9.37 Å². The van der Waals surface area contributed by atoms with E-state index >= 15 is 0 Å². The lowest BCUT2D eigenvalue weighted by Crippen LogP contribution is -2.27. The quantitative estimate of drug-likeness (QED) is 0.855. The van der Waals surface area contributed by atoms with Crippen LogP contribution in [0.5, 0.6) is 0 Å². The van der Waals surface area contributed by atoms with E-state index in [9.17, 15) is 9.18 Å². The van der Waals surface area contributed by atoms with Gasteiger partial charge >= 0.3 is 0 Å². The van der Waals surface area contributed by atoms with Crippen LogP contribution >= 0.6 is 0 Å². The Kier molecular flexibility index (Phi) is 4.13. The molecule has 0 aliphatic rings. The SMILES string of the molecule is CC(C)c1cccc(C(=O)N(C)c2ccc(F)cn2)c1. The van der Waals surface area contributed by atoms with E-state index in [2.05, 4.69) is 18.8 Å². The minimum absolute atomic E-state index is 0.161. The van der Waals surface area contributed by atoms with Gasteiger partial charge in [-0.2, -0.15) is 0 Å². The summed E-state index contributed by atoms with van der Waals surface area (Å²) in [4.78, 5) is 17.7. The van der Waals surface area contributed by atoms with Crippen LogP contribution in [-0.4, -0.2) is 17.9 Å². The molecular formula is C16H17FN2O. The highest BCUT2D eigenvalue weighted by Gasteiger charge is 2.15. The molecular weight excluding hydrogens is 255 g/mol. The average molecular weight is 272 g/mol. The number of nitrogens with zero attached hydrogens (tertiary/aromatic N) is 2. The van der Waals surface area contributed by atoms with Crippen molar-refractivity contribution in [2.75, 3.05) is 11.9 Å². The van der Waals surface area contributed by atoms with Crippen molar-refractivity contribution in [3.05, 3.63) is 59.5 Å². The molecule has 0 saturated heterocycles. The van der Waals surface area contributed by atoms with Gasteiger partial charge in [0.15, 0.2) is 0 Å². The molecule has 1 aromatic carbocycles. The average Bonchev–Trinajstić information content (AvgIpc) is 2.46. The van der Waals surface area contributed by atoms with E-state index in [1.54, 1.807) is 13.1 Å². The zero-order valence-corrected chi connectivity index (χ0v) is 11.8. The number of anilines is 1. The summed E-state index contributed by atoms with van der Waals surface area (Å²) >= 11 is 0. The maximum Gasteiger partial charge on any atom is 0.259 e. The molecule has 0 bridgehead atoms. The van der Waals surface area contributed by atoms with Gasteiger partial charge in [0.2, 0.25) is 0 Å². The number of carbonyl (C=O) groups is 1. The molecule has 0 radical (unpaired) electrons. The fraction of sp³-hybridized carbons (Fsp3) is 0.250. The number of carbonyl (C=O) groups excluding carboxylic acids is 1. The predicted molar refractivity (Wildman–Crippen MR) is 77.5 cm³/mol. The standard InChI is InChI=1S/C16H17FN2O/c1-11(2)12-5-4-6-13(9-12)16(20)19(3)15-8-7-14(17)10-18-15/h4-11H,1-3H3. The summed E-state index contributed by atoms with van der Waals surface area (Å²) in [7, 11) is 1.63. The van der Waals surface area contributed by atoms with Gasteiger partial charge < -0.3 is 0 Å². The maximum absolute atomic E-state index is 12.8. The van der Waals surface area contributed by atoms with E-state index < -0.39 is 5.82 Å². The van der Waals surface area contributed by atoms with E-state index in [0.29, 0.717) is 17.3 Å². The lowest BCUT2D eigenvalue weighted by atomic mass is 10.0. The first-order valence-corrected chi connectivity index (χ1v) is 6.48. The summed E-state index contributed by atoms with van der Waals surface area (Å²) in [6, 6.07) is 10.3. The number of amides is 1. The number of benzene rings is 1. The number of hydrogen-bond donors (Lipinski definition) is 0. The highest BCUT2D eigenvalue weighted by atomic mass is 19.1. The second-order valence-corrected chi connectivity index (χ2v) is 4.98. The van der Waals surface area contributed by atoms with E-state index in [-0.39, 0.29) is 5.91 Å². The minimum atomic E-state index is -0.420. The Morgan fingerprint density at radius 1 is 1.25 bits per heavy atom. The van der Waals surface area contributed by atoms with Gasteiger partial charge in [0.25, 0.3) is 5.91 Å². The zero-order valence-electron chi connectivity index (χ0n) is 11.8. The second kappa shape index (κ2) is 5.82. The molecule has 1 amide bonds. The normalized spacial score (nSPS) is 10.7. The molecule has 20 heavy (non-hydrogen) atoms. The summed E-state index contributed by atoms with van der Waals surface area (Å²) in [5, 5.41) is 0. The molecule has 0 aliphatic carbocycles. The van der Waals surface area contributed by atoms with Gasteiger partial charge in [-0.3, -0.25) is 9.69 Å². The Morgan fingerprint density at radius 2 is 2.00 bits per heavy atom. The van der Waals surface area contributed by atoms with Crippen LogP contribution < -0.4 is 4.90 Å². The number of rotatable bonds is 3. The van der Waals surface area contributed by atoms with Crippen LogP contribution in [0.3, 0.4) is 0 Å². The Hall–Kier alpha value is -2.23. The minimum Gasteiger partial charge on any atom is -0.296 e. The molecule has 0 spiro atoms. The third-order valence-electron chi connectivity index (χ3n) is 3.16. The van der Waals surface area contributed by atoms with Crippen molar-refractivity contribution in [1.82, 2.24) is 4.98 Å². The summed E-state index contributed by atoms with van der Waals surface area (Å²) in [5.74, 6) is 0.200. The smallest absolute Gasteiger partial charge is 0.259 e. The molecule has 3 nitrogen and oxygen atoms in total. The third kappa shape index (κ3) is 3.02. The van der Waals surface area contributed by atoms with E-state index in [1.165, 1.54) is 17.0 Å². The Balaban J connectivity index is 2.26. The first-order valence-electron chi connectivity index (χ1n) is 6.48. The molecule has 2 aromatic rings. The van der Waals surface area contributed by atoms with Crippen LogP contribution in [0.4, 0.5) is 10.2 Å². The Bertz CT molecular complexity index is 608. The van der Waals surface area contributed by atoms with Gasteiger partial charge in [-0.1, -0.05) is 26.0 Å². The molecule has 0 fully saturated rings. The molecule has 0 atom stereocenters. The van der Waals surface area contributed by atoms with Crippen molar-refractivity contribution in [2.45, 2.75) is 19.8 Å². The van der Waals surface area contributed by atoms with Crippen LogP contribution in [0.2, 0.25) is 0 Å². The van der Waals surface area contributed by atoms with Crippen LogP contribution in [0.25, 0.3) is 0 Å². The van der Waals surface area contributed by atoms with Crippen LogP contribution in [0.1, 0.15) is 35.7 Å². The Morgan fingerprint density at radius 3 is 2.60 bits per heavy atom. The van der Waals surface area contributed by atoms with E-state index in [0.717, 1.165) is 11.8 Å². The largest absolute Gasteiger partial charge is 0.296 e. The summed E-state index contributed by atoms with van der Waals surface area (Å²) in [6.07, 6.45) is 1.10. The molecule has 0 N–H and O–H groups in total. The first kappa shape index (κ1) is 14.2. The topological polar surface area (TPSA) is 33.2 Å². The van der Waals surface area contributed by atoms with Crippen molar-refractivity contribution in [3.63, 3.8) is 0 Å². The molecule has 1 heterocycles. The van der Waals surface area contributed by atoms with Gasteiger partial charge in [0.1, 0.15) is 11.6 Å². The molecule has 0 unspecified atom stereocenters. The lowest BCUT2D eigenvalue weighted by molar-refractivity contribution is 0.0992. The van der Waals surface area contributed by atoms with Crippen LogP contribution in [0.15, 0.2) is 42.6 Å². The fourth-order valence-corrected chi connectivity index (χ4v) is 1.89. The molecule has 104 valence electrons. The van der Waals surface area contributed by atoms with Gasteiger partial charge in [0.05, 0.1) is 6.20 Å². The van der Waals surface area contributed by atoms with Crippen molar-refractivity contribution in [2.24, 2.45) is 0 Å². The van der Waals surface area contributed by atoms with Gasteiger partial charge in [-0.15, -0.1) is 0 Å². The van der Waals surface area contributed by atoms with Crippen LogP contribution in [0, 0.1) is 5.82 Å². The number of hydrogen-bond acceptors (Lipinski definition) is 2. The maximum atomic E-state index is 12.8. The molecule has 1 aromatic heterocycles. The highest BCUT2D eigenvalue weighted by Crippen LogP contribution is 2.18. The molecule has 0 aliphatic heterocycles. The van der Waals surface area contributed by atoms with Crippen molar-refractivity contribution in [1.29, 1.82) is 0 Å². The van der Waals surface area contributed by atoms with Crippen molar-refractivity contribution in [3.8, 4) is 0 Å². The van der Waals surface area contributed by atoms with E-state index in [1.807, 2.05) is 18.2 Å². The molecule has 4 heteroatoms. The first-order chi connectivity index (χ1) is 9.49. The zero-order chi connectivity index (χ0) is 14.7. The van der Waals surface area contributed by atoms with Gasteiger partial charge in [0, 0.05) is 12.6 Å². The second-order valence-electron chi connectivity index (χ2n) is 4.98. The monoisotopic (exact) mass is 272 g/mol. The Labute approximate surface area is 118 Å². The number of pyridine rings is 1. The number of halogens is 1. The molecule has 2 rings (SSSR count). The third-order valence-corrected chi connectivity index (χ3v) is 3.16. The molecule has 0 saturated carbocycles. The van der Waals surface area contributed by atoms with E-state index in [4.69, 9.17) is 0 Å². The summed E-state index contributed by atoms with van der Waals surface area (Å²) < 4.78 is 12.8.